The summed E-state index contributed by atoms with van der Waals surface area (Å²) in [5.74, 6) is 1.15. The lowest BCUT2D eigenvalue weighted by Gasteiger charge is -2.39. The van der Waals surface area contributed by atoms with Crippen molar-refractivity contribution in [1.82, 2.24) is 10.3 Å². The van der Waals surface area contributed by atoms with Crippen LogP contribution >= 0.6 is 0 Å². The molecule has 0 aliphatic heterocycles. The highest BCUT2D eigenvalue weighted by Crippen LogP contribution is 2.43. The molecule has 1 aliphatic rings. The van der Waals surface area contributed by atoms with Gasteiger partial charge in [0.05, 0.1) is 6.20 Å². The molecule has 112 valence electrons. The van der Waals surface area contributed by atoms with Gasteiger partial charge >= 0.3 is 0 Å². The van der Waals surface area contributed by atoms with Gasteiger partial charge in [-0.2, -0.15) is 0 Å². The maximum atomic E-state index is 13.4. The maximum Gasteiger partial charge on any atom is 0.141 e. The van der Waals surface area contributed by atoms with Crippen LogP contribution in [-0.2, 0) is 0 Å². The van der Waals surface area contributed by atoms with Crippen LogP contribution in [0.2, 0.25) is 0 Å². The van der Waals surface area contributed by atoms with Crippen LogP contribution in [-0.4, -0.2) is 12.0 Å². The number of rotatable bonds is 3. The standard InChI is InChI=1S/C17H27FN2/c1-17(2,3)14-7-5-12(6-8-14)16(19-4)13-9-15(18)11-20-10-13/h9-12,14,16,19H,5-8H2,1-4H3. The van der Waals surface area contributed by atoms with Crippen LogP contribution in [0.1, 0.15) is 58.1 Å². The third-order valence-corrected chi connectivity index (χ3v) is 4.86. The minimum atomic E-state index is -0.244. The van der Waals surface area contributed by atoms with E-state index in [1.807, 2.05) is 7.05 Å². The first-order chi connectivity index (χ1) is 9.41. The van der Waals surface area contributed by atoms with Crippen molar-refractivity contribution in [3.05, 3.63) is 29.8 Å². The van der Waals surface area contributed by atoms with Crippen LogP contribution < -0.4 is 5.32 Å². The Kier molecular flexibility index (Phi) is 4.79. The zero-order valence-corrected chi connectivity index (χ0v) is 13.1. The van der Waals surface area contributed by atoms with Crippen molar-refractivity contribution in [2.45, 2.75) is 52.5 Å². The van der Waals surface area contributed by atoms with Gasteiger partial charge in [0.2, 0.25) is 0 Å². The number of pyridine rings is 1. The van der Waals surface area contributed by atoms with Gasteiger partial charge in [0.15, 0.2) is 0 Å². The van der Waals surface area contributed by atoms with Crippen LogP contribution in [0, 0.1) is 23.1 Å². The summed E-state index contributed by atoms with van der Waals surface area (Å²) in [4.78, 5) is 3.99. The van der Waals surface area contributed by atoms with Crippen molar-refractivity contribution in [3.63, 3.8) is 0 Å². The van der Waals surface area contributed by atoms with Crippen LogP contribution in [0.25, 0.3) is 0 Å². The number of aromatic nitrogens is 1. The van der Waals surface area contributed by atoms with Gasteiger partial charge in [-0.15, -0.1) is 0 Å². The van der Waals surface area contributed by atoms with E-state index in [0.717, 1.165) is 11.5 Å². The number of hydrogen-bond acceptors (Lipinski definition) is 2. The predicted molar refractivity (Wildman–Crippen MR) is 80.9 cm³/mol. The molecular formula is C17H27FN2. The Morgan fingerprint density at radius 3 is 2.35 bits per heavy atom. The Morgan fingerprint density at radius 1 is 1.20 bits per heavy atom. The minimum absolute atomic E-state index is 0.221. The summed E-state index contributed by atoms with van der Waals surface area (Å²) < 4.78 is 13.4. The highest BCUT2D eigenvalue weighted by molar-refractivity contribution is 5.16. The summed E-state index contributed by atoms with van der Waals surface area (Å²) >= 11 is 0. The summed E-state index contributed by atoms with van der Waals surface area (Å²) in [5, 5.41) is 3.36. The zero-order chi connectivity index (χ0) is 14.8. The van der Waals surface area contributed by atoms with Gasteiger partial charge in [-0.3, -0.25) is 4.98 Å². The van der Waals surface area contributed by atoms with Gasteiger partial charge in [-0.1, -0.05) is 20.8 Å². The van der Waals surface area contributed by atoms with E-state index in [0.29, 0.717) is 11.3 Å². The minimum Gasteiger partial charge on any atom is -0.313 e. The van der Waals surface area contributed by atoms with E-state index in [-0.39, 0.29) is 11.9 Å². The van der Waals surface area contributed by atoms with E-state index < -0.39 is 0 Å². The van der Waals surface area contributed by atoms with E-state index in [2.05, 4.69) is 31.1 Å². The lowest BCUT2D eigenvalue weighted by molar-refractivity contribution is 0.134. The molecule has 20 heavy (non-hydrogen) atoms. The lowest BCUT2D eigenvalue weighted by Crippen LogP contribution is -2.32. The van der Waals surface area contributed by atoms with Crippen LogP contribution in [0.5, 0.6) is 0 Å². The molecule has 1 aliphatic carbocycles. The molecule has 1 saturated carbocycles. The molecule has 1 heterocycles. The third kappa shape index (κ3) is 3.57. The fraction of sp³-hybridized carbons (Fsp3) is 0.706. The van der Waals surface area contributed by atoms with E-state index in [1.54, 1.807) is 12.3 Å². The van der Waals surface area contributed by atoms with Crippen molar-refractivity contribution in [3.8, 4) is 0 Å². The van der Waals surface area contributed by atoms with Crippen molar-refractivity contribution in [2.24, 2.45) is 17.3 Å². The summed E-state index contributed by atoms with van der Waals surface area (Å²) in [6.45, 7) is 7.01. The molecule has 0 bridgehead atoms. The zero-order valence-electron chi connectivity index (χ0n) is 13.1. The molecule has 3 heteroatoms. The Balaban J connectivity index is 2.04. The Hall–Kier alpha value is -0.960. The average Bonchev–Trinajstić information content (AvgIpc) is 2.39. The highest BCUT2D eigenvalue weighted by atomic mass is 19.1. The van der Waals surface area contributed by atoms with Crippen molar-refractivity contribution >= 4 is 0 Å². The topological polar surface area (TPSA) is 24.9 Å². The fourth-order valence-corrected chi connectivity index (χ4v) is 3.59. The van der Waals surface area contributed by atoms with Gasteiger partial charge in [0.1, 0.15) is 5.82 Å². The van der Waals surface area contributed by atoms with E-state index in [9.17, 15) is 4.39 Å². The van der Waals surface area contributed by atoms with Crippen LogP contribution in [0.3, 0.4) is 0 Å². The summed E-state index contributed by atoms with van der Waals surface area (Å²) in [6.07, 6.45) is 8.03. The molecule has 2 rings (SSSR count). The molecule has 0 aromatic carbocycles. The SMILES string of the molecule is CNC(c1cncc(F)c1)C1CCC(C(C)(C)C)CC1. The summed E-state index contributed by atoms with van der Waals surface area (Å²) in [7, 11) is 1.96. The molecule has 0 spiro atoms. The van der Waals surface area contributed by atoms with Crippen molar-refractivity contribution in [1.29, 1.82) is 0 Å². The van der Waals surface area contributed by atoms with Gasteiger partial charge < -0.3 is 5.32 Å². The van der Waals surface area contributed by atoms with E-state index in [4.69, 9.17) is 0 Å². The second-order valence-corrected chi connectivity index (χ2v) is 7.18. The average molecular weight is 278 g/mol. The second kappa shape index (κ2) is 6.21. The monoisotopic (exact) mass is 278 g/mol. The summed E-state index contributed by atoms with van der Waals surface area (Å²) in [6, 6.07) is 1.84. The Bertz CT molecular complexity index is 431. The molecule has 1 unspecified atom stereocenters. The predicted octanol–water partition coefficient (Wildman–Crippen LogP) is 4.33. The third-order valence-electron chi connectivity index (χ3n) is 4.86. The molecule has 0 amide bonds. The van der Waals surface area contributed by atoms with Gasteiger partial charge in [0.25, 0.3) is 0 Å². The van der Waals surface area contributed by atoms with Crippen LogP contribution in [0.4, 0.5) is 4.39 Å². The highest BCUT2D eigenvalue weighted by Gasteiger charge is 2.33. The molecule has 0 saturated heterocycles. The molecular weight excluding hydrogens is 251 g/mol. The molecule has 1 atom stereocenters. The lowest BCUT2D eigenvalue weighted by atomic mass is 9.68. The smallest absolute Gasteiger partial charge is 0.141 e. The van der Waals surface area contributed by atoms with Crippen LogP contribution in [0.15, 0.2) is 18.5 Å². The Labute approximate surface area is 122 Å². The number of nitrogens with zero attached hydrogens (tertiary/aromatic N) is 1. The quantitative estimate of drug-likeness (QED) is 0.890. The first-order valence-corrected chi connectivity index (χ1v) is 7.69. The molecule has 0 radical (unpaired) electrons. The number of halogens is 1. The first kappa shape index (κ1) is 15.4. The van der Waals surface area contributed by atoms with Crippen molar-refractivity contribution in [2.75, 3.05) is 7.05 Å². The summed E-state index contributed by atoms with van der Waals surface area (Å²) in [5.41, 5.74) is 1.38. The largest absolute Gasteiger partial charge is 0.313 e. The number of hydrogen-bond donors (Lipinski definition) is 1. The molecule has 1 N–H and O–H groups in total. The maximum absolute atomic E-state index is 13.4. The number of nitrogens with one attached hydrogen (secondary N) is 1. The molecule has 1 aromatic rings. The van der Waals surface area contributed by atoms with Gasteiger partial charge in [0, 0.05) is 12.2 Å². The van der Waals surface area contributed by atoms with Crippen molar-refractivity contribution < 1.29 is 4.39 Å². The molecule has 1 aromatic heterocycles. The van der Waals surface area contributed by atoms with Gasteiger partial charge in [-0.05, 0) is 61.6 Å². The fourth-order valence-electron chi connectivity index (χ4n) is 3.59. The first-order valence-electron chi connectivity index (χ1n) is 7.69. The normalized spacial score (nSPS) is 25.4. The van der Waals surface area contributed by atoms with E-state index in [1.165, 1.54) is 31.9 Å². The van der Waals surface area contributed by atoms with E-state index >= 15 is 0 Å². The Morgan fingerprint density at radius 2 is 1.85 bits per heavy atom. The second-order valence-electron chi connectivity index (χ2n) is 7.18. The van der Waals surface area contributed by atoms with Gasteiger partial charge in [-0.25, -0.2) is 4.39 Å². The molecule has 2 nitrogen and oxygen atoms in total. The molecule has 1 fully saturated rings.